The molecule has 0 aromatic carbocycles. The van der Waals surface area contributed by atoms with Crippen LogP contribution in [0.1, 0.15) is 39.5 Å². The van der Waals surface area contributed by atoms with E-state index in [0.717, 1.165) is 24.9 Å². The molecule has 1 unspecified atom stereocenters. The third-order valence-electron chi connectivity index (χ3n) is 4.88. The zero-order valence-corrected chi connectivity index (χ0v) is 10.5. The highest BCUT2D eigenvalue weighted by Gasteiger charge is 2.47. The van der Waals surface area contributed by atoms with Gasteiger partial charge in [0, 0.05) is 13.1 Å². The summed E-state index contributed by atoms with van der Waals surface area (Å²) in [5, 5.41) is 3.36. The standard InChI is InChI=1S/C13H24N2O/c1-9(2)10-3-5-13(6-4-10)8-15-7-11(13)12(14)16/h9-11,15H,3-8H2,1-2H3,(H2,14,16). The van der Waals surface area contributed by atoms with Gasteiger partial charge in [-0.15, -0.1) is 0 Å². The van der Waals surface area contributed by atoms with Crippen molar-refractivity contribution in [2.75, 3.05) is 13.1 Å². The van der Waals surface area contributed by atoms with Crippen molar-refractivity contribution in [2.45, 2.75) is 39.5 Å². The molecular formula is C13H24N2O. The van der Waals surface area contributed by atoms with Crippen LogP contribution in [-0.4, -0.2) is 19.0 Å². The van der Waals surface area contributed by atoms with Crippen molar-refractivity contribution in [1.82, 2.24) is 5.32 Å². The van der Waals surface area contributed by atoms with Gasteiger partial charge >= 0.3 is 0 Å². The highest BCUT2D eigenvalue weighted by molar-refractivity contribution is 5.78. The Kier molecular flexibility index (Phi) is 3.24. The van der Waals surface area contributed by atoms with E-state index in [2.05, 4.69) is 19.2 Å². The van der Waals surface area contributed by atoms with E-state index in [-0.39, 0.29) is 17.2 Å². The van der Waals surface area contributed by atoms with Gasteiger partial charge in [0.15, 0.2) is 0 Å². The van der Waals surface area contributed by atoms with E-state index >= 15 is 0 Å². The van der Waals surface area contributed by atoms with Crippen molar-refractivity contribution in [2.24, 2.45) is 28.9 Å². The van der Waals surface area contributed by atoms with Crippen LogP contribution >= 0.6 is 0 Å². The fourth-order valence-electron chi connectivity index (χ4n) is 3.61. The minimum absolute atomic E-state index is 0.0700. The van der Waals surface area contributed by atoms with E-state index in [1.807, 2.05) is 0 Å². The van der Waals surface area contributed by atoms with Gasteiger partial charge in [-0.05, 0) is 42.9 Å². The second-order valence-corrected chi connectivity index (χ2v) is 6.03. The molecule has 1 spiro atoms. The molecule has 1 saturated heterocycles. The number of carbonyl (C=O) groups is 1. The van der Waals surface area contributed by atoms with Crippen molar-refractivity contribution in [3.05, 3.63) is 0 Å². The molecule has 92 valence electrons. The SMILES string of the molecule is CC(C)C1CCC2(CC1)CNCC2C(N)=O. The molecule has 0 aromatic rings. The quantitative estimate of drug-likeness (QED) is 0.747. The number of carbonyl (C=O) groups excluding carboxylic acids is 1. The van der Waals surface area contributed by atoms with Crippen LogP contribution in [0, 0.1) is 23.2 Å². The monoisotopic (exact) mass is 224 g/mol. The molecule has 1 aliphatic carbocycles. The van der Waals surface area contributed by atoms with Gasteiger partial charge < -0.3 is 11.1 Å². The summed E-state index contributed by atoms with van der Waals surface area (Å²) in [6, 6.07) is 0. The average Bonchev–Trinajstić information content (AvgIpc) is 2.62. The average molecular weight is 224 g/mol. The Labute approximate surface area is 98.2 Å². The molecule has 2 fully saturated rings. The van der Waals surface area contributed by atoms with Crippen LogP contribution in [0.5, 0.6) is 0 Å². The highest BCUT2D eigenvalue weighted by Crippen LogP contribution is 2.47. The largest absolute Gasteiger partial charge is 0.369 e. The molecule has 3 N–H and O–H groups in total. The lowest BCUT2D eigenvalue weighted by atomic mass is 9.63. The van der Waals surface area contributed by atoms with E-state index in [1.54, 1.807) is 0 Å². The Morgan fingerprint density at radius 1 is 1.38 bits per heavy atom. The molecule has 1 aliphatic heterocycles. The van der Waals surface area contributed by atoms with Crippen LogP contribution in [-0.2, 0) is 4.79 Å². The van der Waals surface area contributed by atoms with E-state index < -0.39 is 0 Å². The molecule has 1 amide bonds. The van der Waals surface area contributed by atoms with Crippen molar-refractivity contribution < 1.29 is 4.79 Å². The summed E-state index contributed by atoms with van der Waals surface area (Å²) in [5.74, 6) is 1.59. The van der Waals surface area contributed by atoms with Crippen LogP contribution in [0.2, 0.25) is 0 Å². The lowest BCUT2D eigenvalue weighted by molar-refractivity contribution is -0.125. The molecule has 2 rings (SSSR count). The van der Waals surface area contributed by atoms with Crippen LogP contribution in [0.4, 0.5) is 0 Å². The second-order valence-electron chi connectivity index (χ2n) is 6.03. The molecule has 0 radical (unpaired) electrons. The molecule has 1 atom stereocenters. The van der Waals surface area contributed by atoms with Crippen molar-refractivity contribution in [3.63, 3.8) is 0 Å². The summed E-state index contributed by atoms with van der Waals surface area (Å²) in [6.07, 6.45) is 4.89. The zero-order valence-electron chi connectivity index (χ0n) is 10.5. The van der Waals surface area contributed by atoms with Crippen LogP contribution in [0.15, 0.2) is 0 Å². The van der Waals surface area contributed by atoms with Crippen LogP contribution < -0.4 is 11.1 Å². The van der Waals surface area contributed by atoms with Gasteiger partial charge in [-0.3, -0.25) is 4.79 Å². The van der Waals surface area contributed by atoms with Crippen LogP contribution in [0.3, 0.4) is 0 Å². The Balaban J connectivity index is 2.03. The van der Waals surface area contributed by atoms with E-state index in [4.69, 9.17) is 5.73 Å². The van der Waals surface area contributed by atoms with E-state index in [1.165, 1.54) is 25.7 Å². The molecule has 2 aliphatic rings. The van der Waals surface area contributed by atoms with Gasteiger partial charge in [-0.1, -0.05) is 13.8 Å². The number of primary amides is 1. The number of hydrogen-bond donors (Lipinski definition) is 2. The molecule has 3 heteroatoms. The summed E-state index contributed by atoms with van der Waals surface area (Å²) < 4.78 is 0. The summed E-state index contributed by atoms with van der Waals surface area (Å²) in [5.41, 5.74) is 5.71. The third-order valence-corrected chi connectivity index (χ3v) is 4.88. The van der Waals surface area contributed by atoms with Gasteiger partial charge in [-0.25, -0.2) is 0 Å². The third kappa shape index (κ3) is 1.97. The van der Waals surface area contributed by atoms with Gasteiger partial charge in [0.2, 0.25) is 5.91 Å². The molecule has 16 heavy (non-hydrogen) atoms. The van der Waals surface area contributed by atoms with E-state index in [0.29, 0.717) is 0 Å². The van der Waals surface area contributed by atoms with Crippen molar-refractivity contribution in [1.29, 1.82) is 0 Å². The van der Waals surface area contributed by atoms with Gasteiger partial charge in [0.25, 0.3) is 0 Å². The Bertz CT molecular complexity index is 267. The lowest BCUT2D eigenvalue weighted by Crippen LogP contribution is -2.41. The van der Waals surface area contributed by atoms with Crippen molar-refractivity contribution >= 4 is 5.91 Å². The van der Waals surface area contributed by atoms with E-state index in [9.17, 15) is 4.79 Å². The van der Waals surface area contributed by atoms with Crippen molar-refractivity contribution in [3.8, 4) is 0 Å². The van der Waals surface area contributed by atoms with Gasteiger partial charge in [-0.2, -0.15) is 0 Å². The Hall–Kier alpha value is -0.570. The highest BCUT2D eigenvalue weighted by atomic mass is 16.1. The molecule has 1 saturated carbocycles. The summed E-state index contributed by atoms with van der Waals surface area (Å²) in [6.45, 7) is 6.40. The number of hydrogen-bond acceptors (Lipinski definition) is 2. The first kappa shape index (κ1) is 11.9. The maximum absolute atomic E-state index is 11.5. The summed E-state index contributed by atoms with van der Waals surface area (Å²) in [7, 11) is 0. The topological polar surface area (TPSA) is 55.1 Å². The number of nitrogens with one attached hydrogen (secondary N) is 1. The Morgan fingerprint density at radius 2 is 2.00 bits per heavy atom. The summed E-state index contributed by atoms with van der Waals surface area (Å²) in [4.78, 5) is 11.5. The maximum Gasteiger partial charge on any atom is 0.222 e. The smallest absolute Gasteiger partial charge is 0.222 e. The summed E-state index contributed by atoms with van der Waals surface area (Å²) >= 11 is 0. The normalized spacial score (nSPS) is 39.4. The van der Waals surface area contributed by atoms with Gasteiger partial charge in [0.1, 0.15) is 0 Å². The predicted octanol–water partition coefficient (Wildman–Crippen LogP) is 1.52. The fraction of sp³-hybridized carbons (Fsp3) is 0.923. The number of rotatable bonds is 2. The lowest BCUT2D eigenvalue weighted by Gasteiger charge is -2.41. The molecule has 3 nitrogen and oxygen atoms in total. The first-order valence-corrected chi connectivity index (χ1v) is 6.55. The first-order valence-electron chi connectivity index (χ1n) is 6.55. The number of nitrogens with two attached hydrogens (primary N) is 1. The number of amides is 1. The molecule has 0 aromatic heterocycles. The minimum atomic E-state index is -0.104. The molecule has 0 bridgehead atoms. The minimum Gasteiger partial charge on any atom is -0.369 e. The maximum atomic E-state index is 11.5. The molecule has 1 heterocycles. The predicted molar refractivity (Wildman–Crippen MR) is 64.8 cm³/mol. The Morgan fingerprint density at radius 3 is 2.50 bits per heavy atom. The molecular weight excluding hydrogens is 200 g/mol. The van der Waals surface area contributed by atoms with Crippen LogP contribution in [0.25, 0.3) is 0 Å². The zero-order chi connectivity index (χ0) is 11.8. The van der Waals surface area contributed by atoms with Gasteiger partial charge in [0.05, 0.1) is 5.92 Å². The fourth-order valence-corrected chi connectivity index (χ4v) is 3.61. The first-order chi connectivity index (χ1) is 7.55. The second kappa shape index (κ2) is 4.36.